The fourth-order valence-corrected chi connectivity index (χ4v) is 6.68. The van der Waals surface area contributed by atoms with Gasteiger partial charge in [0.05, 0.1) is 21.7 Å². The van der Waals surface area contributed by atoms with Gasteiger partial charge in [-0.1, -0.05) is 30.3 Å². The normalized spacial score (nSPS) is 26.5. The van der Waals surface area contributed by atoms with Crippen molar-refractivity contribution in [3.05, 3.63) is 70.2 Å². The van der Waals surface area contributed by atoms with Crippen LogP contribution < -0.4 is 4.90 Å². The highest BCUT2D eigenvalue weighted by molar-refractivity contribution is 7.18. The molecule has 0 radical (unpaired) electrons. The molecule has 3 heterocycles. The highest BCUT2D eigenvalue weighted by atomic mass is 32.1. The molecule has 0 saturated heterocycles. The average Bonchev–Trinajstić information content (AvgIpc) is 3.29. The fourth-order valence-electron chi connectivity index (χ4n) is 5.47. The summed E-state index contributed by atoms with van der Waals surface area (Å²) < 4.78 is 1.22. The van der Waals surface area contributed by atoms with Gasteiger partial charge in [-0.05, 0) is 61.9 Å². The number of hydrogen-bond donors (Lipinski definition) is 0. The number of rotatable bonds is 1. The van der Waals surface area contributed by atoms with E-state index in [1.165, 1.54) is 22.3 Å². The van der Waals surface area contributed by atoms with Crippen molar-refractivity contribution in [1.29, 1.82) is 0 Å². The Hall–Kier alpha value is -2.46. The van der Waals surface area contributed by atoms with Gasteiger partial charge >= 0.3 is 0 Å². The quantitative estimate of drug-likeness (QED) is 0.572. The molecule has 3 aromatic rings. The van der Waals surface area contributed by atoms with Crippen molar-refractivity contribution < 1.29 is 4.79 Å². The molecule has 27 heavy (non-hydrogen) atoms. The lowest BCUT2D eigenvalue weighted by atomic mass is 9.75. The summed E-state index contributed by atoms with van der Waals surface area (Å²) in [4.78, 5) is 20.5. The molecule has 2 atom stereocenters. The van der Waals surface area contributed by atoms with Gasteiger partial charge in [0.25, 0.3) is 5.91 Å². The Morgan fingerprint density at radius 1 is 1.07 bits per heavy atom. The van der Waals surface area contributed by atoms with Gasteiger partial charge in [-0.2, -0.15) is 0 Å². The third-order valence-corrected chi connectivity index (χ3v) is 7.71. The van der Waals surface area contributed by atoms with Crippen LogP contribution in [0.25, 0.3) is 10.2 Å². The molecule has 0 spiro atoms. The molecule has 2 aliphatic heterocycles. The molecule has 3 nitrogen and oxygen atoms in total. The van der Waals surface area contributed by atoms with Crippen LogP contribution >= 0.6 is 11.3 Å². The number of carbonyl (C=O) groups is 1. The lowest BCUT2D eigenvalue weighted by Gasteiger charge is -2.36. The van der Waals surface area contributed by atoms with Gasteiger partial charge in [0, 0.05) is 11.3 Å². The van der Waals surface area contributed by atoms with Crippen LogP contribution in [-0.2, 0) is 4.79 Å². The van der Waals surface area contributed by atoms with Gasteiger partial charge in [-0.25, -0.2) is 4.98 Å². The van der Waals surface area contributed by atoms with Crippen LogP contribution in [0, 0.1) is 0 Å². The molecule has 6 rings (SSSR count). The molecular formula is C23H20N2OS. The first-order valence-electron chi connectivity index (χ1n) is 9.71. The van der Waals surface area contributed by atoms with Crippen LogP contribution in [-0.4, -0.2) is 16.4 Å². The number of anilines is 1. The number of nitrogens with zero attached hydrogens (tertiary/aromatic N) is 2. The molecule has 4 heteroatoms. The molecule has 1 aliphatic carbocycles. The molecule has 2 aromatic carbocycles. The molecule has 0 fully saturated rings. The van der Waals surface area contributed by atoms with Gasteiger partial charge < -0.3 is 0 Å². The summed E-state index contributed by atoms with van der Waals surface area (Å²) >= 11 is 1.77. The Morgan fingerprint density at radius 3 is 2.74 bits per heavy atom. The SMILES string of the molecule is C[C@@]12C3=C(CCCC3)C(=O)N1c1ccccc1[C@@H]2c1nc2ccccc2s1. The first-order valence-corrected chi connectivity index (χ1v) is 10.5. The lowest BCUT2D eigenvalue weighted by Crippen LogP contribution is -2.46. The highest BCUT2D eigenvalue weighted by Gasteiger charge is 2.59. The van der Waals surface area contributed by atoms with Crippen molar-refractivity contribution in [3.8, 4) is 0 Å². The summed E-state index contributed by atoms with van der Waals surface area (Å²) in [6, 6.07) is 16.8. The molecule has 0 N–H and O–H groups in total. The van der Waals surface area contributed by atoms with Gasteiger partial charge in [-0.3, -0.25) is 9.69 Å². The number of thiazole rings is 1. The van der Waals surface area contributed by atoms with E-state index in [9.17, 15) is 4.79 Å². The van der Waals surface area contributed by atoms with Crippen molar-refractivity contribution in [3.63, 3.8) is 0 Å². The summed E-state index contributed by atoms with van der Waals surface area (Å²) in [7, 11) is 0. The van der Waals surface area contributed by atoms with Crippen molar-refractivity contribution in [2.75, 3.05) is 4.90 Å². The van der Waals surface area contributed by atoms with Crippen molar-refractivity contribution in [1.82, 2.24) is 4.98 Å². The second-order valence-corrected chi connectivity index (χ2v) is 9.03. The Labute approximate surface area is 162 Å². The van der Waals surface area contributed by atoms with Crippen molar-refractivity contribution in [2.24, 2.45) is 0 Å². The summed E-state index contributed by atoms with van der Waals surface area (Å²) in [5.74, 6) is 0.337. The summed E-state index contributed by atoms with van der Waals surface area (Å²) in [5, 5.41) is 1.13. The molecule has 1 aromatic heterocycles. The van der Waals surface area contributed by atoms with Gasteiger partial charge in [0.2, 0.25) is 0 Å². The monoisotopic (exact) mass is 372 g/mol. The minimum atomic E-state index is -0.315. The van der Waals surface area contributed by atoms with Crippen molar-refractivity contribution in [2.45, 2.75) is 44.1 Å². The summed E-state index contributed by atoms with van der Waals surface area (Å²) in [6.07, 6.45) is 4.26. The van der Waals surface area contributed by atoms with E-state index in [2.05, 4.69) is 48.2 Å². The van der Waals surface area contributed by atoms with E-state index < -0.39 is 0 Å². The topological polar surface area (TPSA) is 33.2 Å². The van der Waals surface area contributed by atoms with E-state index >= 15 is 0 Å². The predicted octanol–water partition coefficient (Wildman–Crippen LogP) is 5.42. The second kappa shape index (κ2) is 5.29. The Bertz CT molecular complexity index is 1110. The number of aromatic nitrogens is 1. The molecule has 0 unspecified atom stereocenters. The number of benzene rings is 2. The third-order valence-electron chi connectivity index (χ3n) is 6.61. The van der Waals surface area contributed by atoms with E-state index in [0.717, 1.165) is 41.0 Å². The van der Waals surface area contributed by atoms with Gasteiger partial charge in [0.1, 0.15) is 5.01 Å². The standard InChI is InChI=1S/C23H20N2OS/c1-23-16-10-4-2-8-14(16)22(26)25(23)18-12-6-3-9-15(18)20(23)21-24-17-11-5-7-13-19(17)27-21/h3,5-7,9,11-13,20H,2,4,8,10H2,1H3/t20-,23+/m1/s1. The zero-order valence-electron chi connectivity index (χ0n) is 15.2. The van der Waals surface area contributed by atoms with Crippen LogP contribution in [0.3, 0.4) is 0 Å². The van der Waals surface area contributed by atoms with Crippen molar-refractivity contribution >= 4 is 33.1 Å². The molecule has 3 aliphatic rings. The number of amides is 1. The largest absolute Gasteiger partial charge is 0.298 e. The van der Waals surface area contributed by atoms with Gasteiger partial charge in [-0.15, -0.1) is 11.3 Å². The van der Waals surface area contributed by atoms with E-state index in [-0.39, 0.29) is 17.4 Å². The predicted molar refractivity (Wildman–Crippen MR) is 109 cm³/mol. The molecular weight excluding hydrogens is 352 g/mol. The Kier molecular flexibility index (Phi) is 3.05. The van der Waals surface area contributed by atoms with Gasteiger partial charge in [0.15, 0.2) is 0 Å². The van der Waals surface area contributed by atoms with E-state index in [0.29, 0.717) is 0 Å². The van der Waals surface area contributed by atoms with Crippen LogP contribution in [0.5, 0.6) is 0 Å². The number of hydrogen-bond acceptors (Lipinski definition) is 3. The first kappa shape index (κ1) is 15.6. The number of para-hydroxylation sites is 2. The smallest absolute Gasteiger partial charge is 0.255 e. The highest BCUT2D eigenvalue weighted by Crippen LogP contribution is 2.60. The lowest BCUT2D eigenvalue weighted by molar-refractivity contribution is -0.115. The summed E-state index contributed by atoms with van der Waals surface area (Å²) in [5.41, 5.74) is 5.49. The Morgan fingerprint density at radius 2 is 1.85 bits per heavy atom. The zero-order chi connectivity index (χ0) is 18.2. The second-order valence-electron chi connectivity index (χ2n) is 7.96. The van der Waals surface area contributed by atoms with E-state index in [1.54, 1.807) is 11.3 Å². The van der Waals surface area contributed by atoms with Crippen LogP contribution in [0.4, 0.5) is 5.69 Å². The van der Waals surface area contributed by atoms with E-state index in [1.807, 2.05) is 12.1 Å². The van der Waals surface area contributed by atoms with Crippen LogP contribution in [0.1, 0.15) is 49.1 Å². The summed E-state index contributed by atoms with van der Waals surface area (Å²) in [6.45, 7) is 2.27. The number of fused-ring (bicyclic) bond motifs is 5. The fraction of sp³-hybridized carbons (Fsp3) is 0.304. The molecule has 134 valence electrons. The Balaban J connectivity index is 1.64. The number of carbonyl (C=O) groups excluding carboxylic acids is 1. The van der Waals surface area contributed by atoms with Crippen LogP contribution in [0.15, 0.2) is 59.7 Å². The third kappa shape index (κ3) is 1.86. The molecule has 0 bridgehead atoms. The van der Waals surface area contributed by atoms with E-state index in [4.69, 9.17) is 4.98 Å². The average molecular weight is 372 g/mol. The zero-order valence-corrected chi connectivity index (χ0v) is 16.1. The van der Waals surface area contributed by atoms with Crippen LogP contribution in [0.2, 0.25) is 0 Å². The first-order chi connectivity index (χ1) is 13.2. The molecule has 1 amide bonds. The maximum absolute atomic E-state index is 13.4. The minimum absolute atomic E-state index is 0.112. The molecule has 0 saturated carbocycles. The minimum Gasteiger partial charge on any atom is -0.298 e. The maximum atomic E-state index is 13.4. The maximum Gasteiger partial charge on any atom is 0.255 e.